The monoisotopic (exact) mass is 534 g/mol. The van der Waals surface area contributed by atoms with Gasteiger partial charge in [-0.05, 0) is 41.5 Å². The Bertz CT molecular complexity index is 1390. The van der Waals surface area contributed by atoms with Gasteiger partial charge in [0.2, 0.25) is 5.78 Å². The van der Waals surface area contributed by atoms with Crippen LogP contribution in [0.1, 0.15) is 27.0 Å². The number of carbonyl (C=O) groups excluding carboxylic acids is 2. The summed E-state index contributed by atoms with van der Waals surface area (Å²) in [6.07, 6.45) is 1.71. The Morgan fingerprint density at radius 3 is 1.92 bits per heavy atom. The summed E-state index contributed by atoms with van der Waals surface area (Å²) in [7, 11) is 8.70. The predicted molar refractivity (Wildman–Crippen MR) is 144 cm³/mol. The third-order valence-electron chi connectivity index (χ3n) is 6.52. The minimum absolute atomic E-state index is 0.0850. The lowest BCUT2D eigenvalue weighted by atomic mass is 9.94. The molecular formula is C30H30O9. The van der Waals surface area contributed by atoms with Crippen LogP contribution in [0.25, 0.3) is 11.6 Å². The van der Waals surface area contributed by atoms with E-state index in [0.717, 1.165) is 5.56 Å². The molecule has 0 aliphatic carbocycles. The van der Waals surface area contributed by atoms with E-state index >= 15 is 0 Å². The van der Waals surface area contributed by atoms with Crippen molar-refractivity contribution in [3.63, 3.8) is 0 Å². The van der Waals surface area contributed by atoms with Crippen molar-refractivity contribution in [2.45, 2.75) is 12.2 Å². The molecular weight excluding hydrogens is 504 g/mol. The summed E-state index contributed by atoms with van der Waals surface area (Å²) in [5.74, 6) is -0.927. The highest BCUT2D eigenvalue weighted by Gasteiger charge is 2.52. The first-order valence-electron chi connectivity index (χ1n) is 12.0. The molecule has 0 amide bonds. The highest BCUT2D eigenvalue weighted by Crippen LogP contribution is 2.51. The summed E-state index contributed by atoms with van der Waals surface area (Å²) in [5.41, 5.74) is 1.94. The third-order valence-corrected chi connectivity index (χ3v) is 6.52. The van der Waals surface area contributed by atoms with E-state index in [-0.39, 0.29) is 40.4 Å². The molecule has 3 aromatic carbocycles. The zero-order valence-electron chi connectivity index (χ0n) is 22.7. The van der Waals surface area contributed by atoms with Gasteiger partial charge in [-0.25, -0.2) is 4.79 Å². The second-order valence-corrected chi connectivity index (χ2v) is 8.60. The predicted octanol–water partition coefficient (Wildman–Crippen LogP) is 4.60. The van der Waals surface area contributed by atoms with Gasteiger partial charge in [-0.3, -0.25) is 4.79 Å². The summed E-state index contributed by atoms with van der Waals surface area (Å²) in [6, 6.07) is 15.9. The van der Waals surface area contributed by atoms with Gasteiger partial charge < -0.3 is 33.2 Å². The van der Waals surface area contributed by atoms with E-state index in [2.05, 4.69) is 0 Å². The zero-order chi connectivity index (χ0) is 28.2. The van der Waals surface area contributed by atoms with E-state index in [4.69, 9.17) is 33.2 Å². The van der Waals surface area contributed by atoms with Crippen LogP contribution < -0.4 is 23.7 Å². The fourth-order valence-electron chi connectivity index (χ4n) is 4.45. The number of methoxy groups -OCH3 is 6. The maximum absolute atomic E-state index is 14.0. The Balaban J connectivity index is 1.90. The first-order chi connectivity index (χ1) is 18.8. The fourth-order valence-corrected chi connectivity index (χ4v) is 4.45. The lowest BCUT2D eigenvalue weighted by Crippen LogP contribution is -2.44. The number of benzene rings is 3. The largest absolute Gasteiger partial charge is 0.497 e. The Kier molecular flexibility index (Phi) is 8.11. The van der Waals surface area contributed by atoms with Gasteiger partial charge >= 0.3 is 5.97 Å². The number of fused-ring (bicyclic) bond motifs is 1. The van der Waals surface area contributed by atoms with E-state index in [1.54, 1.807) is 62.8 Å². The standard InChI is InChI=1S/C30H30O9/c1-33-20-11-7-18(8-12-20)15-22(29(32)37-5)25-23(35-3)16-24(36-4)26-27(25)39-30(38-6,28(26)31)17-19-9-13-21(34-2)14-10-19/h7-16H,17H2,1-6H3. The Hall–Kier alpha value is -4.50. The molecule has 0 N–H and O–H groups in total. The molecule has 0 aromatic heterocycles. The van der Waals surface area contributed by atoms with Crippen molar-refractivity contribution in [1.82, 2.24) is 0 Å². The first kappa shape index (κ1) is 27.5. The molecule has 204 valence electrons. The molecule has 0 spiro atoms. The fraction of sp³-hybridized carbons (Fsp3) is 0.267. The van der Waals surface area contributed by atoms with Crippen LogP contribution in [0.2, 0.25) is 0 Å². The molecule has 39 heavy (non-hydrogen) atoms. The number of carbonyl (C=O) groups is 2. The molecule has 0 radical (unpaired) electrons. The highest BCUT2D eigenvalue weighted by atomic mass is 16.7. The van der Waals surface area contributed by atoms with Crippen molar-refractivity contribution in [2.24, 2.45) is 0 Å². The number of hydrogen-bond donors (Lipinski definition) is 0. The highest BCUT2D eigenvalue weighted by molar-refractivity contribution is 6.24. The van der Waals surface area contributed by atoms with Crippen LogP contribution in [0, 0.1) is 0 Å². The molecule has 1 atom stereocenters. The quantitative estimate of drug-likeness (QED) is 0.210. The molecule has 0 saturated carbocycles. The third kappa shape index (κ3) is 5.13. The molecule has 9 nitrogen and oxygen atoms in total. The molecule has 1 aliphatic rings. The molecule has 1 heterocycles. The van der Waals surface area contributed by atoms with E-state index < -0.39 is 17.5 Å². The summed E-state index contributed by atoms with van der Waals surface area (Å²) < 4.78 is 38.9. The number of esters is 1. The van der Waals surface area contributed by atoms with Crippen LogP contribution in [0.15, 0.2) is 54.6 Å². The van der Waals surface area contributed by atoms with Crippen molar-refractivity contribution in [3.8, 4) is 28.7 Å². The zero-order valence-corrected chi connectivity index (χ0v) is 22.7. The minimum atomic E-state index is -1.72. The van der Waals surface area contributed by atoms with Crippen molar-refractivity contribution in [3.05, 3.63) is 76.9 Å². The van der Waals surface area contributed by atoms with Crippen molar-refractivity contribution >= 4 is 23.4 Å². The molecule has 1 aliphatic heterocycles. The average Bonchev–Trinajstić information content (AvgIpc) is 3.27. The normalized spacial score (nSPS) is 16.3. The van der Waals surface area contributed by atoms with Gasteiger partial charge in [-0.1, -0.05) is 24.3 Å². The summed E-state index contributed by atoms with van der Waals surface area (Å²) in [4.78, 5) is 27.1. The van der Waals surface area contributed by atoms with Crippen molar-refractivity contribution in [1.29, 1.82) is 0 Å². The lowest BCUT2D eigenvalue weighted by Gasteiger charge is -2.26. The number of rotatable bonds is 10. The number of ether oxygens (including phenoxy) is 7. The van der Waals surface area contributed by atoms with Gasteiger partial charge in [-0.15, -0.1) is 0 Å². The van der Waals surface area contributed by atoms with Gasteiger partial charge in [-0.2, -0.15) is 0 Å². The second kappa shape index (κ2) is 11.5. The summed E-state index contributed by atoms with van der Waals surface area (Å²) >= 11 is 0. The Morgan fingerprint density at radius 1 is 0.821 bits per heavy atom. The summed E-state index contributed by atoms with van der Waals surface area (Å²) in [5, 5.41) is 0. The van der Waals surface area contributed by atoms with Crippen LogP contribution in [-0.2, 0) is 20.7 Å². The first-order valence-corrected chi connectivity index (χ1v) is 12.0. The Morgan fingerprint density at radius 2 is 1.41 bits per heavy atom. The number of ketones is 1. The van der Waals surface area contributed by atoms with Crippen LogP contribution >= 0.6 is 0 Å². The van der Waals surface area contributed by atoms with Crippen molar-refractivity contribution in [2.75, 3.05) is 42.7 Å². The van der Waals surface area contributed by atoms with E-state index in [1.165, 1.54) is 28.4 Å². The molecule has 0 saturated heterocycles. The number of hydrogen-bond acceptors (Lipinski definition) is 9. The van der Waals surface area contributed by atoms with Crippen LogP contribution in [0.5, 0.6) is 28.7 Å². The number of Topliss-reactive ketones (excluding diaryl/α,β-unsaturated/α-hetero) is 1. The molecule has 9 heteroatoms. The van der Waals surface area contributed by atoms with Gasteiger partial charge in [0.1, 0.15) is 34.3 Å². The SMILES string of the molecule is COC(=O)C(=Cc1ccc(OC)cc1)c1c(OC)cc(OC)c2c1OC(Cc1ccc(OC)cc1)(OC)C2=O. The smallest absolute Gasteiger partial charge is 0.338 e. The molecule has 3 aromatic rings. The van der Waals surface area contributed by atoms with E-state index in [9.17, 15) is 9.59 Å². The lowest BCUT2D eigenvalue weighted by molar-refractivity contribution is -0.133. The van der Waals surface area contributed by atoms with E-state index in [1.807, 2.05) is 12.1 Å². The maximum Gasteiger partial charge on any atom is 0.338 e. The minimum Gasteiger partial charge on any atom is -0.497 e. The van der Waals surface area contributed by atoms with Gasteiger partial charge in [0, 0.05) is 19.6 Å². The van der Waals surface area contributed by atoms with E-state index in [0.29, 0.717) is 17.1 Å². The molecule has 0 bridgehead atoms. The topological polar surface area (TPSA) is 98.8 Å². The maximum atomic E-state index is 14.0. The van der Waals surface area contributed by atoms with Crippen LogP contribution in [0.3, 0.4) is 0 Å². The van der Waals surface area contributed by atoms with Gasteiger partial charge in [0.25, 0.3) is 5.79 Å². The molecule has 4 rings (SSSR count). The van der Waals surface area contributed by atoms with Gasteiger partial charge in [0.15, 0.2) is 0 Å². The molecule has 0 fully saturated rings. The van der Waals surface area contributed by atoms with Crippen molar-refractivity contribution < 1.29 is 42.7 Å². The Labute approximate surface area is 226 Å². The molecule has 1 unspecified atom stereocenters. The van der Waals surface area contributed by atoms with Crippen LogP contribution in [0.4, 0.5) is 0 Å². The van der Waals surface area contributed by atoms with Gasteiger partial charge in [0.05, 0.1) is 46.7 Å². The van der Waals surface area contributed by atoms with Crippen LogP contribution in [-0.4, -0.2) is 60.2 Å². The summed E-state index contributed by atoms with van der Waals surface area (Å²) in [6.45, 7) is 0. The average molecular weight is 535 g/mol. The second-order valence-electron chi connectivity index (χ2n) is 8.60.